The summed E-state index contributed by atoms with van der Waals surface area (Å²) in [4.78, 5) is 13.7. The molecule has 1 heterocycles. The number of rotatable bonds is 21. The number of carbonyl (C=O) groups is 1. The molecule has 46 heavy (non-hydrogen) atoms. The van der Waals surface area contributed by atoms with Crippen molar-refractivity contribution in [3.05, 3.63) is 95.6 Å². The van der Waals surface area contributed by atoms with E-state index in [2.05, 4.69) is 11.6 Å². The van der Waals surface area contributed by atoms with Gasteiger partial charge in [0.25, 0.3) is 5.91 Å². The number of unbranched alkanes of at least 4 members (excludes halogenated alkanes) is 13. The number of nitrogens with zero attached hydrogens (tertiary/aromatic N) is 2. The Kier molecular flexibility index (Phi) is 14.3. The predicted molar refractivity (Wildman–Crippen MR) is 193 cm³/mol. The van der Waals surface area contributed by atoms with Crippen LogP contribution in [0.5, 0.6) is 0 Å². The van der Waals surface area contributed by atoms with Gasteiger partial charge in [0.1, 0.15) is 0 Å². The number of sulfonamides is 1. The normalized spacial score (nSPS) is 14.9. The fraction of sp³-hybridized carbons (Fsp3) is 0.487. The van der Waals surface area contributed by atoms with Crippen LogP contribution in [0.1, 0.15) is 114 Å². The summed E-state index contributed by atoms with van der Waals surface area (Å²) in [7, 11) is -3.49. The second-order valence-corrected chi connectivity index (χ2v) is 14.7. The van der Waals surface area contributed by atoms with Gasteiger partial charge in [-0.3, -0.25) is 9.52 Å². The molecule has 1 N–H and O–H groups in total. The molecule has 1 aliphatic rings. The van der Waals surface area contributed by atoms with Crippen molar-refractivity contribution in [3.63, 3.8) is 0 Å². The number of hydrazone groups is 1. The van der Waals surface area contributed by atoms with Crippen molar-refractivity contribution in [2.45, 2.75) is 110 Å². The number of nitrogens with one attached hydrogen (secondary N) is 1. The zero-order valence-electron chi connectivity index (χ0n) is 27.9. The Hall–Kier alpha value is -3.45. The van der Waals surface area contributed by atoms with Crippen molar-refractivity contribution in [1.29, 1.82) is 0 Å². The van der Waals surface area contributed by atoms with Gasteiger partial charge in [-0.25, -0.2) is 8.42 Å². The third-order valence-corrected chi connectivity index (χ3v) is 10.2. The SMILES string of the molecule is CCCCCCCCCCCCCCCCS(=O)(=O)Nc1cccc(C2=NN(c3ccccc3)C(=O)C2Cc2ccc(C)cc2)c1. The van der Waals surface area contributed by atoms with E-state index in [1.807, 2.05) is 73.7 Å². The molecule has 1 atom stereocenters. The van der Waals surface area contributed by atoms with E-state index in [1.54, 1.807) is 12.1 Å². The van der Waals surface area contributed by atoms with Crippen LogP contribution < -0.4 is 9.73 Å². The lowest BCUT2D eigenvalue weighted by molar-refractivity contribution is -0.119. The number of hydrogen-bond donors (Lipinski definition) is 1. The highest BCUT2D eigenvalue weighted by Crippen LogP contribution is 2.30. The zero-order chi connectivity index (χ0) is 32.6. The molecule has 3 aromatic rings. The maximum absolute atomic E-state index is 13.7. The van der Waals surface area contributed by atoms with E-state index >= 15 is 0 Å². The molecule has 6 nitrogen and oxygen atoms in total. The van der Waals surface area contributed by atoms with Gasteiger partial charge in [-0.05, 0) is 49.6 Å². The molecule has 0 bridgehead atoms. The molecule has 0 saturated carbocycles. The summed E-state index contributed by atoms with van der Waals surface area (Å²) in [6.07, 6.45) is 17.7. The second kappa shape index (κ2) is 18.6. The van der Waals surface area contributed by atoms with Gasteiger partial charge in [0.05, 0.1) is 23.1 Å². The first kappa shape index (κ1) is 35.4. The Morgan fingerprint density at radius 3 is 1.91 bits per heavy atom. The molecule has 248 valence electrons. The smallest absolute Gasteiger partial charge is 0.256 e. The van der Waals surface area contributed by atoms with Crippen LogP contribution in [0.4, 0.5) is 11.4 Å². The summed E-state index contributed by atoms with van der Waals surface area (Å²) < 4.78 is 28.7. The van der Waals surface area contributed by atoms with Crippen molar-refractivity contribution in [3.8, 4) is 0 Å². The first-order chi connectivity index (χ1) is 22.4. The van der Waals surface area contributed by atoms with E-state index in [0.29, 0.717) is 29.9 Å². The van der Waals surface area contributed by atoms with E-state index in [1.165, 1.54) is 75.6 Å². The van der Waals surface area contributed by atoms with E-state index in [4.69, 9.17) is 5.10 Å². The van der Waals surface area contributed by atoms with E-state index < -0.39 is 15.9 Å². The quantitative estimate of drug-likeness (QED) is 0.117. The average Bonchev–Trinajstić information content (AvgIpc) is 3.38. The highest BCUT2D eigenvalue weighted by molar-refractivity contribution is 7.92. The summed E-state index contributed by atoms with van der Waals surface area (Å²) in [5, 5.41) is 6.26. The van der Waals surface area contributed by atoms with Crippen LogP contribution in [-0.4, -0.2) is 25.8 Å². The third-order valence-electron chi connectivity index (χ3n) is 8.80. The van der Waals surface area contributed by atoms with Gasteiger partial charge in [0.15, 0.2) is 0 Å². The van der Waals surface area contributed by atoms with Gasteiger partial charge in [-0.2, -0.15) is 10.1 Å². The zero-order valence-corrected chi connectivity index (χ0v) is 28.7. The van der Waals surface area contributed by atoms with E-state index in [0.717, 1.165) is 29.5 Å². The van der Waals surface area contributed by atoms with Gasteiger partial charge >= 0.3 is 0 Å². The number of para-hydroxylation sites is 1. The highest BCUT2D eigenvalue weighted by atomic mass is 32.2. The van der Waals surface area contributed by atoms with Crippen LogP contribution in [0.25, 0.3) is 0 Å². The van der Waals surface area contributed by atoms with Crippen LogP contribution in [0.15, 0.2) is 84.0 Å². The van der Waals surface area contributed by atoms with Crippen LogP contribution in [0.2, 0.25) is 0 Å². The van der Waals surface area contributed by atoms with Crippen molar-refractivity contribution in [2.24, 2.45) is 11.0 Å². The second-order valence-electron chi connectivity index (χ2n) is 12.8. The van der Waals surface area contributed by atoms with Gasteiger partial charge in [0, 0.05) is 11.3 Å². The lowest BCUT2D eigenvalue weighted by Crippen LogP contribution is -2.29. The first-order valence-electron chi connectivity index (χ1n) is 17.5. The Balaban J connectivity index is 1.27. The lowest BCUT2D eigenvalue weighted by atomic mass is 9.90. The summed E-state index contributed by atoms with van der Waals surface area (Å²) in [5.74, 6) is -0.470. The van der Waals surface area contributed by atoms with Gasteiger partial charge in [-0.15, -0.1) is 0 Å². The standard InChI is InChI=1S/C39H53N3O3S/c1-3-4-5-6-7-8-9-10-11-12-13-14-15-19-29-46(44,45)41-35-22-20-21-34(31-35)38-37(30-33-27-25-32(2)26-28-33)39(43)42(40-38)36-23-17-16-18-24-36/h16-18,20-28,31,37,41H,3-15,19,29-30H2,1-2H3. The molecule has 1 aliphatic heterocycles. The lowest BCUT2D eigenvalue weighted by Gasteiger charge is -2.15. The summed E-state index contributed by atoms with van der Waals surface area (Å²) in [6.45, 7) is 4.30. The molecule has 7 heteroatoms. The number of carbonyl (C=O) groups excluding carboxylic acids is 1. The molecule has 1 unspecified atom stereocenters. The molecular weight excluding hydrogens is 591 g/mol. The maximum atomic E-state index is 13.7. The minimum atomic E-state index is -3.49. The number of aryl methyl sites for hydroxylation is 1. The Morgan fingerprint density at radius 1 is 0.717 bits per heavy atom. The maximum Gasteiger partial charge on any atom is 0.256 e. The first-order valence-corrected chi connectivity index (χ1v) is 19.2. The van der Waals surface area contributed by atoms with Crippen molar-refractivity contribution in [2.75, 3.05) is 15.5 Å². The van der Waals surface area contributed by atoms with Gasteiger partial charge < -0.3 is 0 Å². The van der Waals surface area contributed by atoms with E-state index in [-0.39, 0.29) is 11.7 Å². The Bertz CT molecular complexity index is 1490. The monoisotopic (exact) mass is 643 g/mol. The molecule has 0 aliphatic carbocycles. The van der Waals surface area contributed by atoms with Crippen LogP contribution in [0.3, 0.4) is 0 Å². The highest BCUT2D eigenvalue weighted by Gasteiger charge is 2.37. The molecule has 1 amide bonds. The number of anilines is 2. The van der Waals surface area contributed by atoms with Crippen LogP contribution in [0, 0.1) is 12.8 Å². The van der Waals surface area contributed by atoms with Crippen molar-refractivity contribution >= 4 is 33.0 Å². The fourth-order valence-corrected chi connectivity index (χ4v) is 7.28. The minimum Gasteiger partial charge on any atom is -0.284 e. The largest absolute Gasteiger partial charge is 0.284 e. The molecule has 3 aromatic carbocycles. The molecule has 4 rings (SSSR count). The third kappa shape index (κ3) is 11.4. The number of benzene rings is 3. The van der Waals surface area contributed by atoms with E-state index in [9.17, 15) is 13.2 Å². The molecular formula is C39H53N3O3S. The summed E-state index contributed by atoms with van der Waals surface area (Å²) in [6, 6.07) is 24.9. The van der Waals surface area contributed by atoms with Gasteiger partial charge in [0.2, 0.25) is 10.0 Å². The molecule has 0 radical (unpaired) electrons. The minimum absolute atomic E-state index is 0.0921. The van der Waals surface area contributed by atoms with Crippen LogP contribution >= 0.6 is 0 Å². The topological polar surface area (TPSA) is 78.8 Å². The number of hydrogen-bond acceptors (Lipinski definition) is 4. The van der Waals surface area contributed by atoms with Gasteiger partial charge in [-0.1, -0.05) is 151 Å². The molecule has 0 fully saturated rings. The Morgan fingerprint density at radius 2 is 1.30 bits per heavy atom. The van der Waals surface area contributed by atoms with Crippen molar-refractivity contribution < 1.29 is 13.2 Å². The number of amides is 1. The molecule has 0 aromatic heterocycles. The fourth-order valence-electron chi connectivity index (χ4n) is 6.11. The van der Waals surface area contributed by atoms with Crippen molar-refractivity contribution in [1.82, 2.24) is 0 Å². The summed E-state index contributed by atoms with van der Waals surface area (Å²) >= 11 is 0. The average molecular weight is 644 g/mol. The molecule has 0 spiro atoms. The molecule has 0 saturated heterocycles. The Labute approximate surface area is 277 Å². The van der Waals surface area contributed by atoms with Crippen LogP contribution in [-0.2, 0) is 21.2 Å². The predicted octanol–water partition coefficient (Wildman–Crippen LogP) is 9.83. The summed E-state index contributed by atoms with van der Waals surface area (Å²) in [5.41, 5.74) is 4.79.